The Morgan fingerprint density at radius 1 is 1.17 bits per heavy atom. The molecule has 2 aromatic rings. The topological polar surface area (TPSA) is 79.3 Å². The number of aryl methyl sites for hydroxylation is 1. The number of benzene rings is 1. The predicted molar refractivity (Wildman–Crippen MR) is 121 cm³/mol. The summed E-state index contributed by atoms with van der Waals surface area (Å²) in [4.78, 5) is 26.6. The Kier molecular flexibility index (Phi) is 7.65. The summed E-state index contributed by atoms with van der Waals surface area (Å²) in [6, 6.07) is 7.72. The summed E-state index contributed by atoms with van der Waals surface area (Å²) in [6.45, 7) is 15.2. The predicted octanol–water partition coefficient (Wildman–Crippen LogP) is 4.17. The van der Waals surface area contributed by atoms with Gasteiger partial charge in [0.25, 0.3) is 0 Å². The summed E-state index contributed by atoms with van der Waals surface area (Å²) in [5.41, 5.74) is 3.90. The van der Waals surface area contributed by atoms with Crippen LogP contribution in [0.4, 0.5) is 10.6 Å². The zero-order valence-corrected chi connectivity index (χ0v) is 19.3. The van der Waals surface area contributed by atoms with Crippen LogP contribution >= 0.6 is 0 Å². The van der Waals surface area contributed by atoms with Crippen LogP contribution in [0.25, 0.3) is 5.69 Å². The molecule has 0 fully saturated rings. The van der Waals surface area contributed by atoms with Crippen molar-refractivity contribution >= 4 is 17.8 Å². The van der Waals surface area contributed by atoms with Crippen molar-refractivity contribution in [1.29, 1.82) is 0 Å². The van der Waals surface area contributed by atoms with Crippen LogP contribution in [-0.2, 0) is 10.2 Å². The number of amides is 3. The van der Waals surface area contributed by atoms with Gasteiger partial charge in [-0.2, -0.15) is 5.10 Å². The van der Waals surface area contributed by atoms with Gasteiger partial charge in [-0.05, 0) is 44.4 Å². The number of aromatic nitrogens is 2. The first-order valence-electron chi connectivity index (χ1n) is 10.6. The molecule has 0 aliphatic rings. The van der Waals surface area contributed by atoms with Crippen molar-refractivity contribution in [3.8, 4) is 5.69 Å². The molecule has 0 bridgehead atoms. The summed E-state index contributed by atoms with van der Waals surface area (Å²) < 4.78 is 1.79. The molecule has 0 aliphatic heterocycles. The third-order valence-corrected chi connectivity index (χ3v) is 4.99. The number of urea groups is 1. The maximum atomic E-state index is 12.8. The number of carbonyl (C=O) groups is 2. The largest absolute Gasteiger partial charge is 0.338 e. The van der Waals surface area contributed by atoms with Gasteiger partial charge in [-0.15, -0.1) is 0 Å². The molecular formula is C23H35N5O2. The summed E-state index contributed by atoms with van der Waals surface area (Å²) in [6.07, 6.45) is 0.777. The lowest BCUT2D eigenvalue weighted by atomic mass is 9.92. The Bertz CT molecular complexity index is 895. The van der Waals surface area contributed by atoms with Gasteiger partial charge < -0.3 is 15.5 Å². The van der Waals surface area contributed by atoms with E-state index in [4.69, 9.17) is 5.10 Å². The number of anilines is 1. The fourth-order valence-corrected chi connectivity index (χ4v) is 3.13. The molecule has 3 amide bonds. The van der Waals surface area contributed by atoms with Gasteiger partial charge in [0.2, 0.25) is 5.91 Å². The monoisotopic (exact) mass is 413 g/mol. The number of carbonyl (C=O) groups excluding carboxylic acids is 2. The highest BCUT2D eigenvalue weighted by atomic mass is 16.2. The second-order valence-electron chi connectivity index (χ2n) is 8.60. The van der Waals surface area contributed by atoms with Gasteiger partial charge in [-0.1, -0.05) is 39.8 Å². The van der Waals surface area contributed by atoms with Crippen LogP contribution in [0, 0.1) is 13.8 Å². The lowest BCUT2D eigenvalue weighted by Gasteiger charge is -2.21. The van der Waals surface area contributed by atoms with Crippen molar-refractivity contribution in [3.63, 3.8) is 0 Å². The Balaban J connectivity index is 2.36. The van der Waals surface area contributed by atoms with Crippen molar-refractivity contribution in [1.82, 2.24) is 20.0 Å². The molecule has 2 rings (SSSR count). The Morgan fingerprint density at radius 2 is 1.87 bits per heavy atom. The van der Waals surface area contributed by atoms with Gasteiger partial charge in [-0.3, -0.25) is 4.79 Å². The molecule has 0 spiro atoms. The van der Waals surface area contributed by atoms with Crippen molar-refractivity contribution in [3.05, 3.63) is 41.1 Å². The van der Waals surface area contributed by atoms with Crippen LogP contribution in [0.15, 0.2) is 24.3 Å². The molecule has 1 aromatic heterocycles. The molecule has 0 saturated heterocycles. The van der Waals surface area contributed by atoms with Crippen molar-refractivity contribution in [2.75, 3.05) is 25.0 Å². The number of hydrogen-bond acceptors (Lipinski definition) is 3. The quantitative estimate of drug-likeness (QED) is 0.715. The first-order chi connectivity index (χ1) is 14.1. The van der Waals surface area contributed by atoms with E-state index in [9.17, 15) is 9.59 Å². The Morgan fingerprint density at radius 3 is 2.47 bits per heavy atom. The molecule has 7 heteroatoms. The highest BCUT2D eigenvalue weighted by Crippen LogP contribution is 2.28. The van der Waals surface area contributed by atoms with Gasteiger partial charge in [0.15, 0.2) is 0 Å². The first kappa shape index (κ1) is 23.4. The SMILES string of the molecule is CCCN(CC(=O)Nc1cc(C(C)(C)C)nn1-c1cccc(C)c1C)C(=O)NCC. The molecule has 1 aromatic carbocycles. The smallest absolute Gasteiger partial charge is 0.317 e. The van der Waals surface area contributed by atoms with E-state index in [0.29, 0.717) is 18.9 Å². The molecule has 7 nitrogen and oxygen atoms in total. The maximum absolute atomic E-state index is 12.8. The zero-order chi connectivity index (χ0) is 22.5. The minimum atomic E-state index is -0.249. The average molecular weight is 414 g/mol. The fraction of sp³-hybridized carbons (Fsp3) is 0.522. The van der Waals surface area contributed by atoms with E-state index >= 15 is 0 Å². The standard InChI is InChI=1S/C23H35N5O2/c1-8-13-27(22(30)24-9-2)15-21(29)25-20-14-19(23(5,6)7)26-28(20)18-12-10-11-16(3)17(18)4/h10-12,14H,8-9,13,15H2,1-7H3,(H,24,30)(H,25,29). The summed E-state index contributed by atoms with van der Waals surface area (Å²) >= 11 is 0. The number of nitrogens with one attached hydrogen (secondary N) is 2. The molecule has 1 heterocycles. The normalized spacial score (nSPS) is 11.3. The van der Waals surface area contributed by atoms with Crippen molar-refractivity contribution in [2.24, 2.45) is 0 Å². The third kappa shape index (κ3) is 5.62. The molecule has 0 atom stereocenters. The minimum absolute atomic E-state index is 0.0114. The van der Waals surface area contributed by atoms with Crippen LogP contribution in [0.5, 0.6) is 0 Å². The third-order valence-electron chi connectivity index (χ3n) is 4.99. The van der Waals surface area contributed by atoms with E-state index in [1.54, 1.807) is 4.68 Å². The number of rotatable bonds is 7. The van der Waals surface area contributed by atoms with Crippen LogP contribution < -0.4 is 10.6 Å². The molecule has 30 heavy (non-hydrogen) atoms. The van der Waals surface area contributed by atoms with Crippen molar-refractivity contribution in [2.45, 2.75) is 60.3 Å². The molecule has 0 radical (unpaired) electrons. The van der Waals surface area contributed by atoms with E-state index in [1.165, 1.54) is 4.90 Å². The lowest BCUT2D eigenvalue weighted by Crippen LogP contribution is -2.44. The molecule has 0 saturated carbocycles. The number of hydrogen-bond donors (Lipinski definition) is 2. The van der Waals surface area contributed by atoms with Gasteiger partial charge in [0.1, 0.15) is 12.4 Å². The molecule has 164 valence electrons. The molecular weight excluding hydrogens is 378 g/mol. The summed E-state index contributed by atoms with van der Waals surface area (Å²) in [5, 5.41) is 10.5. The van der Waals surface area contributed by atoms with Crippen LogP contribution in [0.3, 0.4) is 0 Å². The van der Waals surface area contributed by atoms with Crippen LogP contribution in [0.2, 0.25) is 0 Å². The van der Waals surface area contributed by atoms with E-state index in [-0.39, 0.29) is 23.9 Å². The molecule has 2 N–H and O–H groups in total. The average Bonchev–Trinajstić information content (AvgIpc) is 3.07. The Labute approximate surface area is 179 Å². The maximum Gasteiger partial charge on any atom is 0.317 e. The van der Waals surface area contributed by atoms with Gasteiger partial charge in [0.05, 0.1) is 11.4 Å². The van der Waals surface area contributed by atoms with Crippen LogP contribution in [0.1, 0.15) is 57.9 Å². The highest BCUT2D eigenvalue weighted by molar-refractivity contribution is 5.94. The Hall–Kier alpha value is -2.83. The summed E-state index contributed by atoms with van der Waals surface area (Å²) in [7, 11) is 0. The van der Waals surface area contributed by atoms with E-state index in [2.05, 4.69) is 44.4 Å². The first-order valence-corrected chi connectivity index (χ1v) is 10.6. The van der Waals surface area contributed by atoms with E-state index in [1.807, 2.05) is 39.0 Å². The van der Waals surface area contributed by atoms with E-state index < -0.39 is 0 Å². The minimum Gasteiger partial charge on any atom is -0.338 e. The number of nitrogens with zero attached hydrogens (tertiary/aromatic N) is 3. The van der Waals surface area contributed by atoms with Gasteiger partial charge >= 0.3 is 6.03 Å². The molecule has 0 unspecified atom stereocenters. The van der Waals surface area contributed by atoms with E-state index in [0.717, 1.165) is 28.9 Å². The lowest BCUT2D eigenvalue weighted by molar-refractivity contribution is -0.116. The van der Waals surface area contributed by atoms with Gasteiger partial charge in [0, 0.05) is 24.6 Å². The fourth-order valence-electron chi connectivity index (χ4n) is 3.13. The zero-order valence-electron chi connectivity index (χ0n) is 19.3. The van der Waals surface area contributed by atoms with Crippen LogP contribution in [-0.4, -0.2) is 46.3 Å². The van der Waals surface area contributed by atoms with Gasteiger partial charge in [-0.25, -0.2) is 9.48 Å². The molecule has 0 aliphatic carbocycles. The second kappa shape index (κ2) is 9.78. The second-order valence-corrected chi connectivity index (χ2v) is 8.60. The highest BCUT2D eigenvalue weighted by Gasteiger charge is 2.23. The van der Waals surface area contributed by atoms with Crippen molar-refractivity contribution < 1.29 is 9.59 Å². The summed E-state index contributed by atoms with van der Waals surface area (Å²) in [5.74, 6) is 0.354.